The van der Waals surface area contributed by atoms with Crippen LogP contribution in [0, 0.1) is 5.92 Å². The molecule has 3 atom stereocenters. The fourth-order valence-electron chi connectivity index (χ4n) is 2.28. The van der Waals surface area contributed by atoms with Crippen LogP contribution in [0.3, 0.4) is 0 Å². The quantitative estimate of drug-likeness (QED) is 0.825. The molecule has 1 aromatic heterocycles. The standard InChI is InChI=1S/C12H15N3O3S/c1-2-17-6-10-14-15-12(19-10)13-11(16)8-5-7-3-4-9(8)18-7/h3-4,7-9H,2,5-6H2,1H3,(H,13,15,16)/t7-,8+,9-/m0/s1. The van der Waals surface area contributed by atoms with Gasteiger partial charge < -0.3 is 14.8 Å². The minimum atomic E-state index is -0.116. The highest BCUT2D eigenvalue weighted by molar-refractivity contribution is 7.15. The van der Waals surface area contributed by atoms with Crippen LogP contribution in [0.1, 0.15) is 18.4 Å². The minimum Gasteiger partial charge on any atom is -0.374 e. The van der Waals surface area contributed by atoms with E-state index in [1.807, 2.05) is 19.1 Å². The van der Waals surface area contributed by atoms with E-state index in [9.17, 15) is 4.79 Å². The molecule has 3 rings (SSSR count). The summed E-state index contributed by atoms with van der Waals surface area (Å²) in [6.07, 6.45) is 4.74. The Bertz CT molecular complexity index is 502. The van der Waals surface area contributed by atoms with Crippen molar-refractivity contribution in [3.8, 4) is 0 Å². The van der Waals surface area contributed by atoms with Gasteiger partial charge in [-0.05, 0) is 13.3 Å². The second-order valence-corrected chi connectivity index (χ2v) is 5.56. The molecule has 1 saturated heterocycles. The van der Waals surface area contributed by atoms with Crippen molar-refractivity contribution in [3.63, 3.8) is 0 Å². The number of nitrogens with one attached hydrogen (secondary N) is 1. The highest BCUT2D eigenvalue weighted by Crippen LogP contribution is 2.34. The number of amides is 1. The van der Waals surface area contributed by atoms with Crippen LogP contribution in [0.25, 0.3) is 0 Å². The maximum Gasteiger partial charge on any atom is 0.232 e. The van der Waals surface area contributed by atoms with Gasteiger partial charge in [0, 0.05) is 6.61 Å². The van der Waals surface area contributed by atoms with E-state index in [0.717, 1.165) is 11.4 Å². The first-order chi connectivity index (χ1) is 9.26. The third-order valence-corrected chi connectivity index (χ3v) is 4.01. The molecule has 2 aliphatic heterocycles. The number of rotatable bonds is 5. The number of fused-ring (bicyclic) bond motifs is 2. The summed E-state index contributed by atoms with van der Waals surface area (Å²) in [5.74, 6) is -0.162. The van der Waals surface area contributed by atoms with Gasteiger partial charge in [0.2, 0.25) is 11.0 Å². The lowest BCUT2D eigenvalue weighted by Crippen LogP contribution is -2.28. The zero-order valence-corrected chi connectivity index (χ0v) is 11.4. The van der Waals surface area contributed by atoms with Crippen molar-refractivity contribution in [2.75, 3.05) is 11.9 Å². The summed E-state index contributed by atoms with van der Waals surface area (Å²) in [6, 6.07) is 0. The minimum absolute atomic E-state index is 0.0454. The molecule has 19 heavy (non-hydrogen) atoms. The molecule has 7 heteroatoms. The fraction of sp³-hybridized carbons (Fsp3) is 0.583. The van der Waals surface area contributed by atoms with Crippen LogP contribution in [0.15, 0.2) is 12.2 Å². The molecule has 2 bridgehead atoms. The number of ether oxygens (including phenoxy) is 2. The maximum atomic E-state index is 12.1. The van der Waals surface area contributed by atoms with Gasteiger partial charge in [-0.25, -0.2) is 0 Å². The molecule has 1 amide bonds. The third kappa shape index (κ3) is 2.68. The van der Waals surface area contributed by atoms with Crippen LogP contribution in [-0.2, 0) is 20.9 Å². The van der Waals surface area contributed by atoms with E-state index in [1.54, 1.807) is 0 Å². The predicted octanol–water partition coefficient (Wildman–Crippen LogP) is 1.36. The van der Waals surface area contributed by atoms with Crippen molar-refractivity contribution in [2.24, 2.45) is 5.92 Å². The van der Waals surface area contributed by atoms with E-state index in [-0.39, 0.29) is 24.0 Å². The van der Waals surface area contributed by atoms with Gasteiger partial charge in [0.05, 0.1) is 18.1 Å². The third-order valence-electron chi connectivity index (χ3n) is 3.19. The van der Waals surface area contributed by atoms with Gasteiger partial charge in [-0.1, -0.05) is 23.5 Å². The van der Waals surface area contributed by atoms with Crippen LogP contribution in [0.4, 0.5) is 5.13 Å². The number of hydrogen-bond acceptors (Lipinski definition) is 6. The topological polar surface area (TPSA) is 73.3 Å². The Morgan fingerprint density at radius 3 is 3.16 bits per heavy atom. The lowest BCUT2D eigenvalue weighted by atomic mass is 9.94. The molecular weight excluding hydrogens is 266 g/mol. The van der Waals surface area contributed by atoms with Crippen LogP contribution in [0.5, 0.6) is 0 Å². The largest absolute Gasteiger partial charge is 0.374 e. The Morgan fingerprint density at radius 2 is 2.47 bits per heavy atom. The Balaban J connectivity index is 1.57. The van der Waals surface area contributed by atoms with Crippen molar-refractivity contribution < 1.29 is 14.3 Å². The SMILES string of the molecule is CCOCc1nnc(NC(=O)[C@@H]2C[C@@H]3C=C[C@@H]2O3)s1. The summed E-state index contributed by atoms with van der Waals surface area (Å²) in [5.41, 5.74) is 0. The molecule has 3 heterocycles. The fourth-order valence-corrected chi connectivity index (χ4v) is 2.96. The molecule has 0 aromatic carbocycles. The average Bonchev–Trinajstić information content (AvgIpc) is 3.12. The number of carbonyl (C=O) groups excluding carboxylic acids is 1. The van der Waals surface area contributed by atoms with Crippen molar-refractivity contribution in [3.05, 3.63) is 17.2 Å². The summed E-state index contributed by atoms with van der Waals surface area (Å²) in [5, 5.41) is 12.0. The highest BCUT2D eigenvalue weighted by atomic mass is 32.1. The zero-order chi connectivity index (χ0) is 13.2. The number of nitrogens with zero attached hydrogens (tertiary/aromatic N) is 2. The Morgan fingerprint density at radius 1 is 1.58 bits per heavy atom. The van der Waals surface area contributed by atoms with Gasteiger partial charge in [0.1, 0.15) is 11.6 Å². The molecule has 102 valence electrons. The number of aromatic nitrogens is 2. The van der Waals surface area contributed by atoms with Gasteiger partial charge in [-0.15, -0.1) is 10.2 Å². The average molecular weight is 281 g/mol. The van der Waals surface area contributed by atoms with E-state index in [2.05, 4.69) is 15.5 Å². The molecule has 1 N–H and O–H groups in total. The molecule has 2 aliphatic rings. The summed E-state index contributed by atoms with van der Waals surface area (Å²) in [4.78, 5) is 12.1. The second-order valence-electron chi connectivity index (χ2n) is 4.49. The normalized spacial score (nSPS) is 27.9. The Hall–Kier alpha value is -1.31. The van der Waals surface area contributed by atoms with Gasteiger partial charge in [-0.2, -0.15) is 0 Å². The summed E-state index contributed by atoms with van der Waals surface area (Å²) < 4.78 is 10.8. The first kappa shape index (κ1) is 12.7. The first-order valence-electron chi connectivity index (χ1n) is 6.31. The Kier molecular flexibility index (Phi) is 3.58. The summed E-state index contributed by atoms with van der Waals surface area (Å²) in [6.45, 7) is 2.99. The van der Waals surface area contributed by atoms with Gasteiger partial charge in [0.15, 0.2) is 0 Å². The lowest BCUT2D eigenvalue weighted by Gasteiger charge is -2.13. The molecule has 1 fully saturated rings. The van der Waals surface area contributed by atoms with Crippen molar-refractivity contribution >= 4 is 22.4 Å². The zero-order valence-electron chi connectivity index (χ0n) is 10.5. The molecule has 0 spiro atoms. The summed E-state index contributed by atoms with van der Waals surface area (Å²) in [7, 11) is 0. The molecule has 0 aliphatic carbocycles. The van der Waals surface area contributed by atoms with Crippen molar-refractivity contribution in [1.29, 1.82) is 0 Å². The van der Waals surface area contributed by atoms with Crippen LogP contribution in [0.2, 0.25) is 0 Å². The van der Waals surface area contributed by atoms with E-state index in [1.165, 1.54) is 11.3 Å². The van der Waals surface area contributed by atoms with Gasteiger partial charge >= 0.3 is 0 Å². The summed E-state index contributed by atoms with van der Waals surface area (Å²) >= 11 is 1.34. The monoisotopic (exact) mass is 281 g/mol. The smallest absolute Gasteiger partial charge is 0.232 e. The molecule has 1 aromatic rings. The second kappa shape index (κ2) is 5.36. The number of carbonyl (C=O) groups is 1. The van der Waals surface area contributed by atoms with Crippen LogP contribution >= 0.6 is 11.3 Å². The molecule has 0 unspecified atom stereocenters. The lowest BCUT2D eigenvalue weighted by molar-refractivity contribution is -0.120. The molecular formula is C12H15N3O3S. The van der Waals surface area contributed by atoms with Crippen molar-refractivity contribution in [1.82, 2.24) is 10.2 Å². The number of anilines is 1. The van der Waals surface area contributed by atoms with E-state index < -0.39 is 0 Å². The molecule has 6 nitrogen and oxygen atoms in total. The van der Waals surface area contributed by atoms with Crippen molar-refractivity contribution in [2.45, 2.75) is 32.2 Å². The predicted molar refractivity (Wildman–Crippen MR) is 69.8 cm³/mol. The van der Waals surface area contributed by atoms with Gasteiger partial charge in [0.25, 0.3) is 0 Å². The maximum absolute atomic E-state index is 12.1. The Labute approximate surface area is 114 Å². The van der Waals surface area contributed by atoms with Crippen LogP contribution in [-0.4, -0.2) is 34.9 Å². The van der Waals surface area contributed by atoms with E-state index in [0.29, 0.717) is 18.3 Å². The van der Waals surface area contributed by atoms with E-state index >= 15 is 0 Å². The first-order valence-corrected chi connectivity index (χ1v) is 7.12. The highest BCUT2D eigenvalue weighted by Gasteiger charge is 2.41. The molecule has 0 saturated carbocycles. The number of hydrogen-bond donors (Lipinski definition) is 1. The molecule has 0 radical (unpaired) electrons. The van der Waals surface area contributed by atoms with Gasteiger partial charge in [-0.3, -0.25) is 4.79 Å². The van der Waals surface area contributed by atoms with E-state index in [4.69, 9.17) is 9.47 Å². The van der Waals surface area contributed by atoms with Crippen LogP contribution < -0.4 is 5.32 Å².